The number of para-hydroxylation sites is 1. The average molecular weight is 281 g/mol. The molecule has 0 radical (unpaired) electrons. The van der Waals surface area contributed by atoms with Crippen molar-refractivity contribution in [1.29, 1.82) is 0 Å². The van der Waals surface area contributed by atoms with E-state index >= 15 is 0 Å². The number of benzene rings is 1. The third-order valence-corrected chi connectivity index (χ3v) is 2.78. The summed E-state index contributed by atoms with van der Waals surface area (Å²) >= 11 is 0. The van der Waals surface area contributed by atoms with Crippen LogP contribution in [0.15, 0.2) is 18.2 Å². The molecule has 1 aromatic carbocycles. The van der Waals surface area contributed by atoms with Crippen molar-refractivity contribution in [3.8, 4) is 11.5 Å². The summed E-state index contributed by atoms with van der Waals surface area (Å²) in [6, 6.07) is 5.95. The van der Waals surface area contributed by atoms with Gasteiger partial charge in [0.1, 0.15) is 0 Å². The normalized spacial score (nSPS) is 10.8. The quantitative estimate of drug-likeness (QED) is 0.647. The third kappa shape index (κ3) is 5.80. The Morgan fingerprint density at radius 1 is 1.25 bits per heavy atom. The van der Waals surface area contributed by atoms with Crippen molar-refractivity contribution in [3.63, 3.8) is 0 Å². The first kappa shape index (κ1) is 16.8. The molecule has 0 aromatic heterocycles. The van der Waals surface area contributed by atoms with Gasteiger partial charge < -0.3 is 19.9 Å². The van der Waals surface area contributed by atoms with Crippen molar-refractivity contribution >= 4 is 0 Å². The summed E-state index contributed by atoms with van der Waals surface area (Å²) in [4.78, 5) is 0. The number of hydrogen-bond acceptors (Lipinski definition) is 4. The lowest BCUT2D eigenvalue weighted by Gasteiger charge is -2.16. The van der Waals surface area contributed by atoms with Crippen molar-refractivity contribution in [1.82, 2.24) is 5.32 Å². The van der Waals surface area contributed by atoms with Crippen molar-refractivity contribution < 1.29 is 14.6 Å². The van der Waals surface area contributed by atoms with E-state index in [9.17, 15) is 0 Å². The number of aliphatic hydroxyl groups is 1. The molecule has 0 saturated heterocycles. The molecule has 2 N–H and O–H groups in total. The van der Waals surface area contributed by atoms with E-state index in [2.05, 4.69) is 19.2 Å². The summed E-state index contributed by atoms with van der Waals surface area (Å²) in [7, 11) is 0. The van der Waals surface area contributed by atoms with E-state index in [1.54, 1.807) is 0 Å². The molecule has 0 fully saturated rings. The van der Waals surface area contributed by atoms with Gasteiger partial charge in [0.25, 0.3) is 0 Å². The second-order valence-electron chi connectivity index (χ2n) is 5.13. The Bertz CT molecular complexity index is 380. The molecule has 0 atom stereocenters. The van der Waals surface area contributed by atoms with Crippen molar-refractivity contribution in [2.24, 2.45) is 5.92 Å². The summed E-state index contributed by atoms with van der Waals surface area (Å²) in [5.74, 6) is 2.18. The van der Waals surface area contributed by atoms with E-state index in [0.29, 0.717) is 25.6 Å². The highest BCUT2D eigenvalue weighted by atomic mass is 16.5. The van der Waals surface area contributed by atoms with Gasteiger partial charge in [-0.1, -0.05) is 26.0 Å². The van der Waals surface area contributed by atoms with Crippen LogP contribution in [-0.4, -0.2) is 31.5 Å². The second kappa shape index (κ2) is 9.61. The predicted octanol–water partition coefficient (Wildman–Crippen LogP) is 2.59. The zero-order chi connectivity index (χ0) is 14.8. The minimum atomic E-state index is 0.137. The minimum absolute atomic E-state index is 0.137. The van der Waals surface area contributed by atoms with E-state index in [1.165, 1.54) is 0 Å². The zero-order valence-electron chi connectivity index (χ0n) is 12.8. The molecule has 4 nitrogen and oxygen atoms in total. The predicted molar refractivity (Wildman–Crippen MR) is 81.4 cm³/mol. The molecule has 20 heavy (non-hydrogen) atoms. The lowest BCUT2D eigenvalue weighted by molar-refractivity contribution is 0.223. The van der Waals surface area contributed by atoms with Gasteiger partial charge in [-0.15, -0.1) is 0 Å². The molecule has 4 heteroatoms. The van der Waals surface area contributed by atoms with Crippen molar-refractivity contribution in [2.75, 3.05) is 26.4 Å². The smallest absolute Gasteiger partial charge is 0.165 e. The SMILES string of the molecule is CCOc1cccc(CNCC(C)C)c1OCCCO. The van der Waals surface area contributed by atoms with Crippen LogP contribution in [0.25, 0.3) is 0 Å². The lowest BCUT2D eigenvalue weighted by Crippen LogP contribution is -2.19. The van der Waals surface area contributed by atoms with E-state index < -0.39 is 0 Å². The van der Waals surface area contributed by atoms with Crippen LogP contribution in [0.4, 0.5) is 0 Å². The topological polar surface area (TPSA) is 50.7 Å². The number of aliphatic hydroxyl groups excluding tert-OH is 1. The second-order valence-corrected chi connectivity index (χ2v) is 5.13. The molecule has 0 aliphatic rings. The fourth-order valence-electron chi connectivity index (χ4n) is 1.87. The molecular formula is C16H27NO3. The van der Waals surface area contributed by atoms with Crippen molar-refractivity contribution in [2.45, 2.75) is 33.7 Å². The van der Waals surface area contributed by atoms with Gasteiger partial charge in [-0.05, 0) is 25.5 Å². The van der Waals surface area contributed by atoms with E-state index in [0.717, 1.165) is 30.2 Å². The van der Waals surface area contributed by atoms with Crippen LogP contribution in [0.1, 0.15) is 32.8 Å². The number of hydrogen-bond donors (Lipinski definition) is 2. The maximum Gasteiger partial charge on any atom is 0.165 e. The molecule has 0 amide bonds. The van der Waals surface area contributed by atoms with E-state index in [1.807, 2.05) is 25.1 Å². The van der Waals surface area contributed by atoms with Gasteiger partial charge in [-0.2, -0.15) is 0 Å². The van der Waals surface area contributed by atoms with Crippen LogP contribution >= 0.6 is 0 Å². The molecule has 1 aromatic rings. The first-order chi connectivity index (χ1) is 9.69. The summed E-state index contributed by atoms with van der Waals surface area (Å²) in [6.45, 7) is 9.29. The molecule has 1 rings (SSSR count). The highest BCUT2D eigenvalue weighted by Crippen LogP contribution is 2.31. The Labute approximate surface area is 122 Å². The summed E-state index contributed by atoms with van der Waals surface area (Å²) < 4.78 is 11.4. The monoisotopic (exact) mass is 281 g/mol. The molecular weight excluding hydrogens is 254 g/mol. The van der Waals surface area contributed by atoms with Gasteiger partial charge >= 0.3 is 0 Å². The standard InChI is InChI=1S/C16H27NO3/c1-4-19-15-8-5-7-14(12-17-11-13(2)3)16(15)20-10-6-9-18/h5,7-8,13,17-18H,4,6,9-12H2,1-3H3. The molecule has 0 bridgehead atoms. The Hall–Kier alpha value is -1.26. The Kier molecular flexibility index (Phi) is 8.07. The first-order valence-electron chi connectivity index (χ1n) is 7.38. The fourth-order valence-corrected chi connectivity index (χ4v) is 1.87. The van der Waals surface area contributed by atoms with Crippen LogP contribution in [0, 0.1) is 5.92 Å². The van der Waals surface area contributed by atoms with Crippen molar-refractivity contribution in [3.05, 3.63) is 23.8 Å². The number of ether oxygens (including phenoxy) is 2. The van der Waals surface area contributed by atoms with Crippen LogP contribution in [0.2, 0.25) is 0 Å². The molecule has 0 heterocycles. The summed E-state index contributed by atoms with van der Waals surface area (Å²) in [6.07, 6.45) is 0.624. The van der Waals surface area contributed by atoms with Crippen LogP contribution in [-0.2, 0) is 6.54 Å². The fraction of sp³-hybridized carbons (Fsp3) is 0.625. The van der Waals surface area contributed by atoms with Crippen LogP contribution in [0.5, 0.6) is 11.5 Å². The van der Waals surface area contributed by atoms with Gasteiger partial charge in [0.15, 0.2) is 11.5 Å². The number of rotatable bonds is 10. The highest BCUT2D eigenvalue weighted by Gasteiger charge is 2.11. The molecule has 0 aliphatic heterocycles. The van der Waals surface area contributed by atoms with Gasteiger partial charge in [-0.25, -0.2) is 0 Å². The summed E-state index contributed by atoms with van der Waals surface area (Å²) in [5.41, 5.74) is 1.09. The zero-order valence-corrected chi connectivity index (χ0v) is 12.8. The molecule has 0 aliphatic carbocycles. The first-order valence-corrected chi connectivity index (χ1v) is 7.38. The minimum Gasteiger partial charge on any atom is -0.490 e. The van der Waals surface area contributed by atoms with Gasteiger partial charge in [0.05, 0.1) is 13.2 Å². The van der Waals surface area contributed by atoms with Crippen LogP contribution in [0.3, 0.4) is 0 Å². The average Bonchev–Trinajstić information content (AvgIpc) is 2.41. The Balaban J connectivity index is 2.75. The largest absolute Gasteiger partial charge is 0.490 e. The molecule has 0 spiro atoms. The Morgan fingerprint density at radius 3 is 2.70 bits per heavy atom. The molecule has 114 valence electrons. The highest BCUT2D eigenvalue weighted by molar-refractivity contribution is 5.46. The van der Waals surface area contributed by atoms with Crippen LogP contribution < -0.4 is 14.8 Å². The maximum absolute atomic E-state index is 8.87. The lowest BCUT2D eigenvalue weighted by atomic mass is 10.1. The molecule has 0 saturated carbocycles. The van der Waals surface area contributed by atoms with Gasteiger partial charge in [0.2, 0.25) is 0 Å². The van der Waals surface area contributed by atoms with Gasteiger partial charge in [0, 0.05) is 25.1 Å². The maximum atomic E-state index is 8.87. The van der Waals surface area contributed by atoms with Gasteiger partial charge in [-0.3, -0.25) is 0 Å². The summed E-state index contributed by atoms with van der Waals surface area (Å²) in [5, 5.41) is 12.3. The number of nitrogens with one attached hydrogen (secondary N) is 1. The van der Waals surface area contributed by atoms with E-state index in [4.69, 9.17) is 14.6 Å². The van der Waals surface area contributed by atoms with E-state index in [-0.39, 0.29) is 6.61 Å². The Morgan fingerprint density at radius 2 is 2.05 bits per heavy atom. The molecule has 0 unspecified atom stereocenters. The third-order valence-electron chi connectivity index (χ3n) is 2.78.